The van der Waals surface area contributed by atoms with E-state index in [0.29, 0.717) is 12.0 Å². The molecule has 1 aromatic rings. The zero-order chi connectivity index (χ0) is 12.7. The predicted octanol–water partition coefficient (Wildman–Crippen LogP) is 2.97. The molecular formula is C14H24N2O. The van der Waals surface area contributed by atoms with Gasteiger partial charge in [0.25, 0.3) is 0 Å². The van der Waals surface area contributed by atoms with Crippen molar-refractivity contribution >= 4 is 0 Å². The molecule has 0 spiro atoms. The summed E-state index contributed by atoms with van der Waals surface area (Å²) in [6.07, 6.45) is 4.08. The van der Waals surface area contributed by atoms with E-state index >= 15 is 0 Å². The Morgan fingerprint density at radius 3 is 2.82 bits per heavy atom. The van der Waals surface area contributed by atoms with E-state index < -0.39 is 0 Å². The molecule has 17 heavy (non-hydrogen) atoms. The summed E-state index contributed by atoms with van der Waals surface area (Å²) in [5, 5.41) is 3.50. The van der Waals surface area contributed by atoms with Gasteiger partial charge in [-0.3, -0.25) is 4.98 Å². The molecule has 1 aromatic heterocycles. The third-order valence-electron chi connectivity index (χ3n) is 2.94. The Hall–Kier alpha value is -1.09. The van der Waals surface area contributed by atoms with Gasteiger partial charge >= 0.3 is 0 Å². The molecule has 1 N–H and O–H groups in total. The summed E-state index contributed by atoms with van der Waals surface area (Å²) in [4.78, 5) is 4.43. The molecule has 2 unspecified atom stereocenters. The quantitative estimate of drug-likeness (QED) is 0.790. The van der Waals surface area contributed by atoms with Gasteiger partial charge in [-0.1, -0.05) is 13.8 Å². The smallest absolute Gasteiger partial charge is 0.140 e. The maximum absolute atomic E-state index is 5.35. The van der Waals surface area contributed by atoms with Crippen LogP contribution in [0.15, 0.2) is 18.3 Å². The minimum atomic E-state index is 0.408. The third-order valence-corrected chi connectivity index (χ3v) is 2.94. The van der Waals surface area contributed by atoms with Crippen molar-refractivity contribution < 1.29 is 4.74 Å². The van der Waals surface area contributed by atoms with Crippen molar-refractivity contribution in [2.45, 2.75) is 45.6 Å². The fourth-order valence-electron chi connectivity index (χ4n) is 2.06. The van der Waals surface area contributed by atoms with Gasteiger partial charge in [0.1, 0.15) is 5.75 Å². The zero-order valence-corrected chi connectivity index (χ0v) is 11.4. The van der Waals surface area contributed by atoms with Crippen LogP contribution in [0, 0.1) is 0 Å². The van der Waals surface area contributed by atoms with Crippen LogP contribution < -0.4 is 10.1 Å². The van der Waals surface area contributed by atoms with Gasteiger partial charge in [0.15, 0.2) is 0 Å². The summed E-state index contributed by atoms with van der Waals surface area (Å²) in [7, 11) is 1.70. The Labute approximate surface area is 105 Å². The van der Waals surface area contributed by atoms with Crippen LogP contribution in [-0.4, -0.2) is 24.7 Å². The van der Waals surface area contributed by atoms with E-state index in [1.807, 2.05) is 18.3 Å². The molecule has 0 aromatic carbocycles. The van der Waals surface area contributed by atoms with Gasteiger partial charge in [0.2, 0.25) is 0 Å². The van der Waals surface area contributed by atoms with Crippen molar-refractivity contribution in [1.82, 2.24) is 10.3 Å². The van der Waals surface area contributed by atoms with Gasteiger partial charge in [0, 0.05) is 18.2 Å². The standard InChI is InChI=1S/C14H24N2O/c1-5-8-15-12(3)10-11(2)14-13(17-4)7-6-9-16-14/h6-7,9,11-12,15H,5,8,10H2,1-4H3. The van der Waals surface area contributed by atoms with Crippen LogP contribution in [0.25, 0.3) is 0 Å². The fourth-order valence-corrected chi connectivity index (χ4v) is 2.06. The Morgan fingerprint density at radius 2 is 2.18 bits per heavy atom. The van der Waals surface area contributed by atoms with Gasteiger partial charge in [-0.05, 0) is 38.4 Å². The highest BCUT2D eigenvalue weighted by atomic mass is 16.5. The number of nitrogens with zero attached hydrogens (tertiary/aromatic N) is 1. The largest absolute Gasteiger partial charge is 0.495 e. The molecule has 0 aliphatic rings. The minimum absolute atomic E-state index is 0.408. The normalized spacial score (nSPS) is 14.4. The van der Waals surface area contributed by atoms with E-state index in [1.54, 1.807) is 7.11 Å². The third kappa shape index (κ3) is 4.35. The van der Waals surface area contributed by atoms with Crippen LogP contribution >= 0.6 is 0 Å². The van der Waals surface area contributed by atoms with Crippen molar-refractivity contribution in [3.05, 3.63) is 24.0 Å². The first-order chi connectivity index (χ1) is 8.19. The van der Waals surface area contributed by atoms with Gasteiger partial charge in [-0.15, -0.1) is 0 Å². The molecule has 0 aliphatic heterocycles. The number of pyridine rings is 1. The molecule has 0 fully saturated rings. The van der Waals surface area contributed by atoms with Gasteiger partial charge in [-0.25, -0.2) is 0 Å². The SMILES string of the molecule is CCCNC(C)CC(C)c1ncccc1OC. The topological polar surface area (TPSA) is 34.2 Å². The highest BCUT2D eigenvalue weighted by Crippen LogP contribution is 2.26. The number of hydrogen-bond acceptors (Lipinski definition) is 3. The summed E-state index contributed by atoms with van der Waals surface area (Å²) in [5.41, 5.74) is 1.06. The summed E-state index contributed by atoms with van der Waals surface area (Å²) in [6, 6.07) is 4.40. The zero-order valence-electron chi connectivity index (χ0n) is 11.4. The Balaban J connectivity index is 2.59. The fraction of sp³-hybridized carbons (Fsp3) is 0.643. The van der Waals surface area contributed by atoms with Crippen LogP contribution in [0.2, 0.25) is 0 Å². The minimum Gasteiger partial charge on any atom is -0.495 e. The lowest BCUT2D eigenvalue weighted by Gasteiger charge is -2.19. The number of hydrogen-bond donors (Lipinski definition) is 1. The lowest BCUT2D eigenvalue weighted by Crippen LogP contribution is -2.28. The van der Waals surface area contributed by atoms with Gasteiger partial charge < -0.3 is 10.1 Å². The Bertz CT molecular complexity index is 328. The Morgan fingerprint density at radius 1 is 1.41 bits per heavy atom. The second kappa shape index (κ2) is 7.28. The first-order valence-corrected chi connectivity index (χ1v) is 6.41. The summed E-state index contributed by atoms with van der Waals surface area (Å²) >= 11 is 0. The molecule has 2 atom stereocenters. The number of methoxy groups -OCH3 is 1. The first-order valence-electron chi connectivity index (χ1n) is 6.41. The molecule has 0 saturated heterocycles. The molecule has 1 rings (SSSR count). The predicted molar refractivity (Wildman–Crippen MR) is 71.6 cm³/mol. The molecule has 0 amide bonds. The number of rotatable bonds is 7. The van der Waals surface area contributed by atoms with E-state index in [-0.39, 0.29) is 0 Å². The highest BCUT2D eigenvalue weighted by molar-refractivity contribution is 5.29. The van der Waals surface area contributed by atoms with Crippen molar-refractivity contribution in [1.29, 1.82) is 0 Å². The van der Waals surface area contributed by atoms with E-state index in [0.717, 1.165) is 24.4 Å². The maximum atomic E-state index is 5.35. The van der Waals surface area contributed by atoms with Crippen LogP contribution in [0.4, 0.5) is 0 Å². The maximum Gasteiger partial charge on any atom is 0.140 e. The molecular weight excluding hydrogens is 212 g/mol. The summed E-state index contributed by atoms with van der Waals surface area (Å²) in [6.45, 7) is 7.69. The lowest BCUT2D eigenvalue weighted by molar-refractivity contribution is 0.395. The summed E-state index contributed by atoms with van der Waals surface area (Å²) < 4.78 is 5.35. The molecule has 1 heterocycles. The van der Waals surface area contributed by atoms with E-state index in [2.05, 4.69) is 31.1 Å². The summed E-state index contributed by atoms with van der Waals surface area (Å²) in [5.74, 6) is 1.30. The molecule has 3 heteroatoms. The van der Waals surface area contributed by atoms with Crippen LogP contribution in [-0.2, 0) is 0 Å². The molecule has 96 valence electrons. The van der Waals surface area contributed by atoms with E-state index in [1.165, 1.54) is 6.42 Å². The van der Waals surface area contributed by atoms with E-state index in [4.69, 9.17) is 4.74 Å². The average molecular weight is 236 g/mol. The van der Waals surface area contributed by atoms with Crippen molar-refractivity contribution in [3.63, 3.8) is 0 Å². The second-order valence-corrected chi connectivity index (χ2v) is 4.58. The first kappa shape index (κ1) is 14.0. The van der Waals surface area contributed by atoms with Crippen molar-refractivity contribution in [2.75, 3.05) is 13.7 Å². The number of aromatic nitrogens is 1. The molecule has 0 radical (unpaired) electrons. The molecule has 3 nitrogen and oxygen atoms in total. The van der Waals surface area contributed by atoms with Crippen molar-refractivity contribution in [3.8, 4) is 5.75 Å². The molecule has 0 saturated carbocycles. The molecule has 0 bridgehead atoms. The van der Waals surface area contributed by atoms with E-state index in [9.17, 15) is 0 Å². The van der Waals surface area contributed by atoms with Gasteiger partial charge in [-0.2, -0.15) is 0 Å². The highest BCUT2D eigenvalue weighted by Gasteiger charge is 2.15. The number of nitrogens with one attached hydrogen (secondary N) is 1. The number of ether oxygens (including phenoxy) is 1. The Kier molecular flexibility index (Phi) is 5.98. The second-order valence-electron chi connectivity index (χ2n) is 4.58. The van der Waals surface area contributed by atoms with Crippen LogP contribution in [0.1, 0.15) is 45.2 Å². The van der Waals surface area contributed by atoms with Crippen molar-refractivity contribution in [2.24, 2.45) is 0 Å². The van der Waals surface area contributed by atoms with Crippen LogP contribution in [0.5, 0.6) is 5.75 Å². The average Bonchev–Trinajstić information content (AvgIpc) is 2.36. The van der Waals surface area contributed by atoms with Crippen LogP contribution in [0.3, 0.4) is 0 Å². The lowest BCUT2D eigenvalue weighted by atomic mass is 9.98. The molecule has 0 aliphatic carbocycles. The monoisotopic (exact) mass is 236 g/mol. The van der Waals surface area contributed by atoms with Gasteiger partial charge in [0.05, 0.1) is 12.8 Å².